The molecule has 0 aromatic heterocycles. The third kappa shape index (κ3) is 5.14. The molecular weight excluding hydrogens is 252 g/mol. The minimum absolute atomic E-state index is 0.113. The number of rotatable bonds is 5. The van der Waals surface area contributed by atoms with E-state index in [9.17, 15) is 14.7 Å². The minimum Gasteiger partial charge on any atom is -0.480 e. The Balaban J connectivity index is 2.67. The van der Waals surface area contributed by atoms with Crippen LogP contribution in [-0.4, -0.2) is 71.0 Å². The van der Waals surface area contributed by atoms with Gasteiger partial charge in [0.2, 0.25) is 5.91 Å². The number of ether oxygens (including phenoxy) is 1. The van der Waals surface area contributed by atoms with E-state index in [4.69, 9.17) is 9.84 Å². The monoisotopic (exact) mass is 274 g/mol. The molecule has 0 saturated carbocycles. The molecular formula is C12H22N2O5. The van der Waals surface area contributed by atoms with Gasteiger partial charge >= 0.3 is 5.97 Å². The molecule has 7 heteroatoms. The summed E-state index contributed by atoms with van der Waals surface area (Å²) in [6.07, 6.45) is -0.337. The van der Waals surface area contributed by atoms with Crippen LogP contribution < -0.4 is 5.32 Å². The average molecular weight is 274 g/mol. The predicted molar refractivity (Wildman–Crippen MR) is 67.7 cm³/mol. The highest BCUT2D eigenvalue weighted by Crippen LogP contribution is 2.20. The summed E-state index contributed by atoms with van der Waals surface area (Å²) in [5, 5.41) is 20.7. The van der Waals surface area contributed by atoms with E-state index in [1.807, 2.05) is 18.7 Å². The lowest BCUT2D eigenvalue weighted by Crippen LogP contribution is -2.58. The van der Waals surface area contributed by atoms with Crippen LogP contribution in [0.4, 0.5) is 0 Å². The molecule has 1 rings (SSSR count). The van der Waals surface area contributed by atoms with E-state index >= 15 is 0 Å². The maximum Gasteiger partial charge on any atom is 0.327 e. The number of carboxylic acids is 1. The molecule has 0 aromatic carbocycles. The van der Waals surface area contributed by atoms with E-state index in [2.05, 4.69) is 5.32 Å². The van der Waals surface area contributed by atoms with Crippen molar-refractivity contribution in [3.05, 3.63) is 0 Å². The fourth-order valence-electron chi connectivity index (χ4n) is 2.34. The first-order valence-corrected chi connectivity index (χ1v) is 6.24. The van der Waals surface area contributed by atoms with Gasteiger partial charge in [0, 0.05) is 26.6 Å². The van der Waals surface area contributed by atoms with Crippen LogP contribution in [0.2, 0.25) is 0 Å². The van der Waals surface area contributed by atoms with Gasteiger partial charge in [-0.25, -0.2) is 4.79 Å². The summed E-state index contributed by atoms with van der Waals surface area (Å²) in [6, 6.07) is -0.953. The molecule has 0 spiro atoms. The zero-order valence-corrected chi connectivity index (χ0v) is 11.5. The lowest BCUT2D eigenvalue weighted by molar-refractivity contribution is -0.155. The summed E-state index contributed by atoms with van der Waals surface area (Å²) >= 11 is 0. The number of nitrogens with zero attached hydrogens (tertiary/aromatic N) is 1. The zero-order valence-electron chi connectivity index (χ0n) is 11.5. The van der Waals surface area contributed by atoms with E-state index in [1.54, 1.807) is 0 Å². The van der Waals surface area contributed by atoms with Crippen molar-refractivity contribution in [1.29, 1.82) is 0 Å². The largest absolute Gasteiger partial charge is 0.480 e. The molecule has 1 aliphatic rings. The number of hydrogen-bond acceptors (Lipinski definition) is 5. The maximum atomic E-state index is 11.1. The van der Waals surface area contributed by atoms with Crippen LogP contribution in [0, 0.1) is 0 Å². The lowest BCUT2D eigenvalue weighted by Gasteiger charge is -2.43. The van der Waals surface area contributed by atoms with Gasteiger partial charge in [0.05, 0.1) is 18.3 Å². The smallest absolute Gasteiger partial charge is 0.327 e. The standard InChI is InChI=1S/C12H22N2O5/c1-8(16)13-10(11(17)18)5-14-4-9(6-15)19-12(2,3)7-14/h9-10,15H,4-7H2,1-3H3,(H,13,16)(H,17,18). The molecule has 0 bridgehead atoms. The van der Waals surface area contributed by atoms with Crippen molar-refractivity contribution < 1.29 is 24.5 Å². The van der Waals surface area contributed by atoms with Gasteiger partial charge in [0.25, 0.3) is 0 Å². The number of amides is 1. The average Bonchev–Trinajstić information content (AvgIpc) is 2.25. The highest BCUT2D eigenvalue weighted by atomic mass is 16.5. The molecule has 2 atom stereocenters. The zero-order chi connectivity index (χ0) is 14.6. The molecule has 2 unspecified atom stereocenters. The van der Waals surface area contributed by atoms with Gasteiger partial charge in [-0.15, -0.1) is 0 Å². The third-order valence-electron chi connectivity index (χ3n) is 2.87. The molecule has 7 nitrogen and oxygen atoms in total. The first-order chi connectivity index (χ1) is 8.73. The number of aliphatic hydroxyl groups is 1. The van der Waals surface area contributed by atoms with E-state index in [-0.39, 0.29) is 25.2 Å². The van der Waals surface area contributed by atoms with Gasteiger partial charge in [-0.2, -0.15) is 0 Å². The number of hydrogen-bond donors (Lipinski definition) is 3. The van der Waals surface area contributed by atoms with Crippen LogP contribution in [0.1, 0.15) is 20.8 Å². The second kappa shape index (κ2) is 6.31. The molecule has 0 aromatic rings. The number of aliphatic carboxylic acids is 1. The molecule has 110 valence electrons. The number of aliphatic hydroxyl groups excluding tert-OH is 1. The summed E-state index contributed by atoms with van der Waals surface area (Å²) < 4.78 is 5.65. The number of carboxylic acid groups (broad SMARTS) is 1. The number of morpholine rings is 1. The van der Waals surface area contributed by atoms with Crippen LogP contribution in [0.3, 0.4) is 0 Å². The molecule has 1 amide bonds. The molecule has 0 radical (unpaired) electrons. The van der Waals surface area contributed by atoms with Crippen molar-refractivity contribution in [2.75, 3.05) is 26.2 Å². The number of carbonyl (C=O) groups excluding carboxylic acids is 1. The van der Waals surface area contributed by atoms with Crippen LogP contribution >= 0.6 is 0 Å². The molecule has 1 heterocycles. The van der Waals surface area contributed by atoms with Crippen molar-refractivity contribution in [3.63, 3.8) is 0 Å². The first-order valence-electron chi connectivity index (χ1n) is 6.24. The van der Waals surface area contributed by atoms with Crippen LogP contribution in [-0.2, 0) is 14.3 Å². The Kier molecular flexibility index (Phi) is 5.28. The number of carbonyl (C=O) groups is 2. The van der Waals surface area contributed by atoms with Gasteiger partial charge < -0.3 is 20.3 Å². The van der Waals surface area contributed by atoms with Crippen molar-refractivity contribution in [1.82, 2.24) is 10.2 Å². The second-order valence-corrected chi connectivity index (χ2v) is 5.47. The Morgan fingerprint density at radius 3 is 2.63 bits per heavy atom. The van der Waals surface area contributed by atoms with E-state index in [0.29, 0.717) is 13.1 Å². The summed E-state index contributed by atoms with van der Waals surface area (Å²) in [6.45, 7) is 6.13. The summed E-state index contributed by atoms with van der Waals surface area (Å²) in [7, 11) is 0. The van der Waals surface area contributed by atoms with Crippen LogP contribution in [0.5, 0.6) is 0 Å². The quantitative estimate of drug-likeness (QED) is 0.597. The molecule has 19 heavy (non-hydrogen) atoms. The van der Waals surface area contributed by atoms with E-state index < -0.39 is 17.6 Å². The first kappa shape index (κ1) is 15.9. The fourth-order valence-corrected chi connectivity index (χ4v) is 2.34. The molecule has 3 N–H and O–H groups in total. The summed E-state index contributed by atoms with van der Waals surface area (Å²) in [5.41, 5.74) is -0.453. The van der Waals surface area contributed by atoms with Crippen LogP contribution in [0.15, 0.2) is 0 Å². The van der Waals surface area contributed by atoms with Crippen molar-refractivity contribution in [3.8, 4) is 0 Å². The summed E-state index contributed by atoms with van der Waals surface area (Å²) in [5.74, 6) is -1.45. The van der Waals surface area contributed by atoms with Crippen molar-refractivity contribution >= 4 is 11.9 Å². The van der Waals surface area contributed by atoms with Gasteiger partial charge in [-0.3, -0.25) is 9.69 Å². The van der Waals surface area contributed by atoms with Crippen LogP contribution in [0.25, 0.3) is 0 Å². The van der Waals surface area contributed by atoms with Crippen molar-refractivity contribution in [2.45, 2.75) is 38.5 Å². The Bertz CT molecular complexity index is 345. The minimum atomic E-state index is -1.07. The topological polar surface area (TPSA) is 99.1 Å². The Labute approximate surface area is 112 Å². The molecule has 1 saturated heterocycles. The van der Waals surface area contributed by atoms with Gasteiger partial charge in [0.1, 0.15) is 6.04 Å². The third-order valence-corrected chi connectivity index (χ3v) is 2.87. The number of nitrogens with one attached hydrogen (secondary N) is 1. The lowest BCUT2D eigenvalue weighted by atomic mass is 10.0. The highest BCUT2D eigenvalue weighted by Gasteiger charge is 2.35. The maximum absolute atomic E-state index is 11.1. The molecule has 0 aliphatic carbocycles. The highest BCUT2D eigenvalue weighted by molar-refractivity contribution is 5.82. The normalized spacial score (nSPS) is 24.7. The van der Waals surface area contributed by atoms with Gasteiger partial charge in [-0.05, 0) is 13.8 Å². The molecule has 1 fully saturated rings. The van der Waals surface area contributed by atoms with Crippen molar-refractivity contribution in [2.24, 2.45) is 0 Å². The Hall–Kier alpha value is -1.18. The Morgan fingerprint density at radius 1 is 1.53 bits per heavy atom. The fraction of sp³-hybridized carbons (Fsp3) is 0.833. The van der Waals surface area contributed by atoms with E-state index in [1.165, 1.54) is 6.92 Å². The Morgan fingerprint density at radius 2 is 2.16 bits per heavy atom. The second-order valence-electron chi connectivity index (χ2n) is 5.47. The van der Waals surface area contributed by atoms with Gasteiger partial charge in [-0.1, -0.05) is 0 Å². The van der Waals surface area contributed by atoms with E-state index in [0.717, 1.165) is 0 Å². The summed E-state index contributed by atoms with van der Waals surface area (Å²) in [4.78, 5) is 24.0. The molecule has 1 aliphatic heterocycles. The predicted octanol–water partition coefficient (Wildman–Crippen LogP) is -0.953. The van der Waals surface area contributed by atoms with Gasteiger partial charge in [0.15, 0.2) is 0 Å². The SMILES string of the molecule is CC(=O)NC(CN1CC(CO)OC(C)(C)C1)C(=O)O.